The number of carbonyl (C=O) groups is 1. The predicted octanol–water partition coefficient (Wildman–Crippen LogP) is 3.05. The second kappa shape index (κ2) is 6.10. The number of fused-ring (bicyclic) bond motifs is 1. The first kappa shape index (κ1) is 18.4. The van der Waals surface area contributed by atoms with Gasteiger partial charge in [0.1, 0.15) is 5.82 Å². The SMILES string of the molecule is CC1(C)OB(O)c2cc(NC(=O)c3cc(F)ccc3C(F)(F)F)ccc21. The van der Waals surface area contributed by atoms with E-state index in [1.165, 1.54) is 12.1 Å². The molecule has 0 spiro atoms. The van der Waals surface area contributed by atoms with Gasteiger partial charge in [-0.15, -0.1) is 0 Å². The van der Waals surface area contributed by atoms with Crippen LogP contribution in [-0.4, -0.2) is 18.0 Å². The zero-order chi connectivity index (χ0) is 19.3. The van der Waals surface area contributed by atoms with E-state index in [2.05, 4.69) is 5.32 Å². The number of hydrogen-bond acceptors (Lipinski definition) is 3. The topological polar surface area (TPSA) is 58.6 Å². The lowest BCUT2D eigenvalue weighted by Gasteiger charge is -2.19. The van der Waals surface area contributed by atoms with Gasteiger partial charge < -0.3 is 15.0 Å². The summed E-state index contributed by atoms with van der Waals surface area (Å²) in [5, 5.41) is 12.2. The maximum absolute atomic E-state index is 13.4. The molecule has 0 saturated carbocycles. The molecule has 3 rings (SSSR count). The van der Waals surface area contributed by atoms with Crippen molar-refractivity contribution >= 4 is 24.2 Å². The summed E-state index contributed by atoms with van der Waals surface area (Å²) in [6, 6.07) is 6.20. The predicted molar refractivity (Wildman–Crippen MR) is 87.5 cm³/mol. The van der Waals surface area contributed by atoms with Crippen molar-refractivity contribution in [3.8, 4) is 0 Å². The van der Waals surface area contributed by atoms with E-state index in [0.29, 0.717) is 29.2 Å². The molecule has 0 fully saturated rings. The molecule has 1 aliphatic rings. The lowest BCUT2D eigenvalue weighted by atomic mass is 9.78. The van der Waals surface area contributed by atoms with Gasteiger partial charge >= 0.3 is 13.3 Å². The van der Waals surface area contributed by atoms with Gasteiger partial charge in [-0.1, -0.05) is 6.07 Å². The molecule has 1 heterocycles. The standard InChI is InChI=1S/C17H14BF4NO3/c1-16(2)13-6-4-10(8-14(13)18(25)26-16)23-15(24)11-7-9(19)3-5-12(11)17(20,21)22/h3-8,25H,1-2H3,(H,23,24). The third kappa shape index (κ3) is 3.32. The van der Waals surface area contributed by atoms with Gasteiger partial charge in [0.15, 0.2) is 0 Å². The number of halogens is 4. The van der Waals surface area contributed by atoms with Crippen molar-refractivity contribution in [3.05, 3.63) is 58.9 Å². The molecule has 9 heteroatoms. The second-order valence-electron chi connectivity index (χ2n) is 6.42. The quantitative estimate of drug-likeness (QED) is 0.634. The van der Waals surface area contributed by atoms with Crippen molar-refractivity contribution in [2.24, 2.45) is 0 Å². The number of anilines is 1. The number of hydrogen-bond donors (Lipinski definition) is 2. The summed E-state index contributed by atoms with van der Waals surface area (Å²) < 4.78 is 57.9. The van der Waals surface area contributed by atoms with Crippen LogP contribution in [-0.2, 0) is 16.4 Å². The molecule has 0 saturated heterocycles. The Labute approximate surface area is 146 Å². The average Bonchev–Trinajstić information content (AvgIpc) is 2.75. The Kier molecular flexibility index (Phi) is 4.32. The van der Waals surface area contributed by atoms with Crippen LogP contribution in [0.5, 0.6) is 0 Å². The molecule has 2 N–H and O–H groups in total. The fourth-order valence-corrected chi connectivity index (χ4v) is 2.95. The molecule has 0 aliphatic carbocycles. The molecular weight excluding hydrogens is 353 g/mol. The van der Waals surface area contributed by atoms with Gasteiger partial charge in [0.25, 0.3) is 5.91 Å². The van der Waals surface area contributed by atoms with Crippen LogP contribution in [0.25, 0.3) is 0 Å². The van der Waals surface area contributed by atoms with Gasteiger partial charge in [-0.05, 0) is 55.2 Å². The molecule has 0 bridgehead atoms. The molecule has 0 unspecified atom stereocenters. The van der Waals surface area contributed by atoms with E-state index in [0.717, 1.165) is 0 Å². The first-order valence-corrected chi connectivity index (χ1v) is 7.67. The Morgan fingerprint density at radius 2 is 1.88 bits per heavy atom. The van der Waals surface area contributed by atoms with Crippen LogP contribution < -0.4 is 10.8 Å². The average molecular weight is 367 g/mol. The van der Waals surface area contributed by atoms with Gasteiger partial charge in [-0.2, -0.15) is 13.2 Å². The minimum absolute atomic E-state index is 0.159. The summed E-state index contributed by atoms with van der Waals surface area (Å²) in [6.07, 6.45) is -4.80. The van der Waals surface area contributed by atoms with Crippen molar-refractivity contribution in [1.82, 2.24) is 0 Å². The van der Waals surface area contributed by atoms with E-state index in [1.54, 1.807) is 19.9 Å². The number of nitrogens with one attached hydrogen (secondary N) is 1. The molecule has 0 atom stereocenters. The zero-order valence-electron chi connectivity index (χ0n) is 13.8. The van der Waals surface area contributed by atoms with Gasteiger partial charge in [0.05, 0.1) is 16.7 Å². The largest absolute Gasteiger partial charge is 0.492 e. The van der Waals surface area contributed by atoms with Crippen LogP contribution in [0.3, 0.4) is 0 Å². The third-order valence-corrected chi connectivity index (χ3v) is 4.16. The monoisotopic (exact) mass is 367 g/mol. The highest BCUT2D eigenvalue weighted by molar-refractivity contribution is 6.62. The number of alkyl halides is 3. The zero-order valence-corrected chi connectivity index (χ0v) is 13.8. The molecule has 0 radical (unpaired) electrons. The summed E-state index contributed by atoms with van der Waals surface area (Å²) in [5.74, 6) is -2.06. The van der Waals surface area contributed by atoms with Gasteiger partial charge in [-0.25, -0.2) is 4.39 Å². The molecule has 1 aliphatic heterocycles. The number of amides is 1. The molecular formula is C17H14BF4NO3. The van der Waals surface area contributed by atoms with E-state index in [-0.39, 0.29) is 5.69 Å². The van der Waals surface area contributed by atoms with E-state index in [1.807, 2.05) is 0 Å². The van der Waals surface area contributed by atoms with Crippen LogP contribution in [0.2, 0.25) is 0 Å². The van der Waals surface area contributed by atoms with Crippen molar-refractivity contribution < 1.29 is 32.0 Å². The minimum Gasteiger partial charge on any atom is -0.423 e. The summed E-state index contributed by atoms with van der Waals surface area (Å²) in [4.78, 5) is 12.3. The smallest absolute Gasteiger partial charge is 0.423 e. The fraction of sp³-hybridized carbons (Fsp3) is 0.235. The summed E-state index contributed by atoms with van der Waals surface area (Å²) in [7, 11) is -1.21. The Bertz CT molecular complexity index is 883. The number of benzene rings is 2. The van der Waals surface area contributed by atoms with Crippen LogP contribution in [0.4, 0.5) is 23.2 Å². The Balaban J connectivity index is 1.93. The highest BCUT2D eigenvalue weighted by Gasteiger charge is 2.41. The molecule has 0 aromatic heterocycles. The Morgan fingerprint density at radius 1 is 1.19 bits per heavy atom. The number of carbonyl (C=O) groups excluding carboxylic acids is 1. The highest BCUT2D eigenvalue weighted by Crippen LogP contribution is 2.33. The van der Waals surface area contributed by atoms with Crippen LogP contribution in [0, 0.1) is 5.82 Å². The fourth-order valence-electron chi connectivity index (χ4n) is 2.95. The lowest BCUT2D eigenvalue weighted by molar-refractivity contribution is -0.137. The number of rotatable bonds is 2. The molecule has 136 valence electrons. The molecule has 1 amide bonds. The van der Waals surface area contributed by atoms with Crippen molar-refractivity contribution in [3.63, 3.8) is 0 Å². The maximum atomic E-state index is 13.4. The summed E-state index contributed by atoms with van der Waals surface area (Å²) in [6.45, 7) is 3.51. The van der Waals surface area contributed by atoms with Crippen molar-refractivity contribution in [2.45, 2.75) is 25.6 Å². The normalized spacial score (nSPS) is 15.7. The molecule has 2 aromatic rings. The minimum atomic E-state index is -4.80. The Morgan fingerprint density at radius 3 is 2.54 bits per heavy atom. The van der Waals surface area contributed by atoms with Gasteiger partial charge in [-0.3, -0.25) is 4.79 Å². The first-order valence-electron chi connectivity index (χ1n) is 7.67. The summed E-state index contributed by atoms with van der Waals surface area (Å²) in [5.41, 5.74) is -1.53. The van der Waals surface area contributed by atoms with Crippen LogP contribution >= 0.6 is 0 Å². The third-order valence-electron chi connectivity index (χ3n) is 4.16. The highest BCUT2D eigenvalue weighted by atomic mass is 19.4. The van der Waals surface area contributed by atoms with E-state index >= 15 is 0 Å². The van der Waals surface area contributed by atoms with Crippen LogP contribution in [0.15, 0.2) is 36.4 Å². The lowest BCUT2D eigenvalue weighted by Crippen LogP contribution is -2.29. The van der Waals surface area contributed by atoms with Crippen molar-refractivity contribution in [1.29, 1.82) is 0 Å². The molecule has 26 heavy (non-hydrogen) atoms. The maximum Gasteiger partial charge on any atom is 0.492 e. The van der Waals surface area contributed by atoms with E-state index in [9.17, 15) is 27.4 Å². The Hall–Kier alpha value is -2.39. The molecule has 2 aromatic carbocycles. The van der Waals surface area contributed by atoms with Crippen LogP contribution in [0.1, 0.15) is 35.3 Å². The van der Waals surface area contributed by atoms with Crippen molar-refractivity contribution in [2.75, 3.05) is 5.32 Å². The van der Waals surface area contributed by atoms with Gasteiger partial charge in [0.2, 0.25) is 0 Å². The first-order chi connectivity index (χ1) is 12.0. The summed E-state index contributed by atoms with van der Waals surface area (Å²) >= 11 is 0. The second-order valence-corrected chi connectivity index (χ2v) is 6.42. The van der Waals surface area contributed by atoms with E-state index < -0.39 is 41.7 Å². The van der Waals surface area contributed by atoms with Gasteiger partial charge in [0, 0.05) is 5.69 Å². The van der Waals surface area contributed by atoms with E-state index in [4.69, 9.17) is 4.65 Å². The molecule has 4 nitrogen and oxygen atoms in total.